The van der Waals surface area contributed by atoms with Gasteiger partial charge in [-0.15, -0.1) is 0 Å². The number of esters is 1. The van der Waals surface area contributed by atoms with E-state index >= 15 is 0 Å². The molecule has 0 saturated heterocycles. The molecule has 0 aliphatic heterocycles. The molecule has 0 aliphatic carbocycles. The van der Waals surface area contributed by atoms with Crippen LogP contribution in [0.15, 0.2) is 29.2 Å². The van der Waals surface area contributed by atoms with E-state index in [-0.39, 0.29) is 17.2 Å². The smallest absolute Gasteiger partial charge is 0.324 e. The van der Waals surface area contributed by atoms with Gasteiger partial charge in [0.05, 0.1) is 12.0 Å². The lowest BCUT2D eigenvalue weighted by Gasteiger charge is -2.22. The predicted octanol–water partition coefficient (Wildman–Crippen LogP) is 1.85. The van der Waals surface area contributed by atoms with Gasteiger partial charge in [0.15, 0.2) is 6.61 Å². The second-order valence-electron chi connectivity index (χ2n) is 7.88. The molecule has 28 heavy (non-hydrogen) atoms. The number of nitrogens with one attached hydrogen (secondary N) is 2. The molecule has 0 spiro atoms. The Bertz CT molecular complexity index is 767. The third kappa shape index (κ3) is 8.26. The molecule has 2 N–H and O–H groups in total. The van der Waals surface area contributed by atoms with Crippen LogP contribution in [0.5, 0.6) is 5.75 Å². The number of carbonyl (C=O) groups excluding carboxylic acids is 2. The molecule has 1 amide bonds. The van der Waals surface area contributed by atoms with Gasteiger partial charge >= 0.3 is 5.97 Å². The molecule has 0 fully saturated rings. The summed E-state index contributed by atoms with van der Waals surface area (Å²) in [5.74, 6) is -0.710. The molecule has 158 valence electrons. The molecule has 0 bridgehead atoms. The van der Waals surface area contributed by atoms with Crippen LogP contribution in [0.4, 0.5) is 0 Å². The minimum atomic E-state index is -3.95. The molecular weight excluding hydrogens is 384 g/mol. The highest BCUT2D eigenvalue weighted by Gasteiger charge is 2.28. The van der Waals surface area contributed by atoms with Crippen LogP contribution in [0.3, 0.4) is 0 Å². The molecule has 0 unspecified atom stereocenters. The first-order chi connectivity index (χ1) is 12.8. The summed E-state index contributed by atoms with van der Waals surface area (Å²) in [6.07, 6.45) is 0.231. The Kier molecular flexibility index (Phi) is 8.44. The van der Waals surface area contributed by atoms with Crippen molar-refractivity contribution in [3.8, 4) is 5.75 Å². The standard InChI is InChI=1S/C19H30N2O6S/c1-13(2)11-16(18(23)27-12-17(22)20-19(3,4)5)21-28(24,25)15-9-7-14(26-6)8-10-15/h7-10,13,16,21H,11-12H2,1-6H3,(H,20,22)/t16-/m0/s1. The zero-order valence-corrected chi connectivity index (χ0v) is 18.1. The van der Waals surface area contributed by atoms with Gasteiger partial charge < -0.3 is 14.8 Å². The Morgan fingerprint density at radius 2 is 1.68 bits per heavy atom. The lowest BCUT2D eigenvalue weighted by atomic mass is 10.1. The van der Waals surface area contributed by atoms with Gasteiger partial charge in [0, 0.05) is 5.54 Å². The number of ether oxygens (including phenoxy) is 2. The van der Waals surface area contributed by atoms with Crippen molar-refractivity contribution < 1.29 is 27.5 Å². The summed E-state index contributed by atoms with van der Waals surface area (Å²) in [5.41, 5.74) is -0.462. The fourth-order valence-electron chi connectivity index (χ4n) is 2.37. The van der Waals surface area contributed by atoms with Crippen molar-refractivity contribution in [2.45, 2.75) is 57.5 Å². The Morgan fingerprint density at radius 3 is 2.14 bits per heavy atom. The number of benzene rings is 1. The first kappa shape index (κ1) is 23.9. The van der Waals surface area contributed by atoms with Gasteiger partial charge in [-0.3, -0.25) is 9.59 Å². The van der Waals surface area contributed by atoms with Crippen LogP contribution in [-0.4, -0.2) is 45.6 Å². The highest BCUT2D eigenvalue weighted by atomic mass is 32.2. The molecule has 0 radical (unpaired) electrons. The summed E-state index contributed by atoms with van der Waals surface area (Å²) in [6, 6.07) is 4.70. The fraction of sp³-hybridized carbons (Fsp3) is 0.579. The topological polar surface area (TPSA) is 111 Å². The molecule has 0 heterocycles. The normalized spacial score (nSPS) is 13.1. The van der Waals surface area contributed by atoms with Crippen molar-refractivity contribution in [3.63, 3.8) is 0 Å². The van der Waals surface area contributed by atoms with Crippen LogP contribution in [-0.2, 0) is 24.3 Å². The fourth-order valence-corrected chi connectivity index (χ4v) is 3.56. The highest BCUT2D eigenvalue weighted by Crippen LogP contribution is 2.17. The van der Waals surface area contributed by atoms with Gasteiger partial charge in [-0.1, -0.05) is 13.8 Å². The van der Waals surface area contributed by atoms with Gasteiger partial charge in [-0.25, -0.2) is 8.42 Å². The molecule has 0 aliphatic rings. The van der Waals surface area contributed by atoms with Gasteiger partial charge in [0.2, 0.25) is 10.0 Å². The number of carbonyl (C=O) groups is 2. The minimum absolute atomic E-state index is 0.000307. The summed E-state index contributed by atoms with van der Waals surface area (Å²) in [7, 11) is -2.47. The minimum Gasteiger partial charge on any atom is -0.497 e. The first-order valence-electron chi connectivity index (χ1n) is 8.98. The Balaban J connectivity index is 2.85. The first-order valence-corrected chi connectivity index (χ1v) is 10.5. The average Bonchev–Trinajstić information content (AvgIpc) is 2.57. The number of amides is 1. The quantitative estimate of drug-likeness (QED) is 0.597. The highest BCUT2D eigenvalue weighted by molar-refractivity contribution is 7.89. The van der Waals surface area contributed by atoms with E-state index in [1.165, 1.54) is 31.4 Å². The van der Waals surface area contributed by atoms with Crippen molar-refractivity contribution in [1.82, 2.24) is 10.0 Å². The van der Waals surface area contributed by atoms with Gasteiger partial charge in [0.1, 0.15) is 11.8 Å². The van der Waals surface area contributed by atoms with E-state index < -0.39 is 40.1 Å². The number of hydrogen-bond acceptors (Lipinski definition) is 6. The van der Waals surface area contributed by atoms with E-state index in [2.05, 4.69) is 10.0 Å². The Hall–Kier alpha value is -2.13. The zero-order valence-electron chi connectivity index (χ0n) is 17.2. The summed E-state index contributed by atoms with van der Waals surface area (Å²) >= 11 is 0. The lowest BCUT2D eigenvalue weighted by Crippen LogP contribution is -2.45. The molecule has 8 nitrogen and oxygen atoms in total. The van der Waals surface area contributed by atoms with Crippen molar-refractivity contribution in [2.75, 3.05) is 13.7 Å². The predicted molar refractivity (Wildman–Crippen MR) is 105 cm³/mol. The van der Waals surface area contributed by atoms with E-state index in [0.717, 1.165) is 0 Å². The van der Waals surface area contributed by atoms with Crippen LogP contribution in [0.25, 0.3) is 0 Å². The maximum Gasteiger partial charge on any atom is 0.324 e. The average molecular weight is 415 g/mol. The van der Waals surface area contributed by atoms with Crippen molar-refractivity contribution in [3.05, 3.63) is 24.3 Å². The molecule has 9 heteroatoms. The summed E-state index contributed by atoms with van der Waals surface area (Å²) in [4.78, 5) is 24.2. The number of rotatable bonds is 9. The lowest BCUT2D eigenvalue weighted by molar-refractivity contribution is -0.150. The van der Waals surface area contributed by atoms with Gasteiger partial charge in [-0.05, 0) is 57.4 Å². The molecular formula is C19H30N2O6S. The van der Waals surface area contributed by atoms with Crippen molar-refractivity contribution >= 4 is 21.9 Å². The number of methoxy groups -OCH3 is 1. The third-order valence-corrected chi connectivity index (χ3v) is 5.01. The van der Waals surface area contributed by atoms with E-state index in [9.17, 15) is 18.0 Å². The van der Waals surface area contributed by atoms with E-state index in [1.54, 1.807) is 20.8 Å². The second kappa shape index (κ2) is 9.88. The SMILES string of the molecule is COc1ccc(S(=O)(=O)N[C@@H](CC(C)C)C(=O)OCC(=O)NC(C)(C)C)cc1. The van der Waals surface area contributed by atoms with Crippen molar-refractivity contribution in [2.24, 2.45) is 5.92 Å². The van der Waals surface area contributed by atoms with E-state index in [0.29, 0.717) is 5.75 Å². The molecule has 1 atom stereocenters. The van der Waals surface area contributed by atoms with Crippen LogP contribution >= 0.6 is 0 Å². The third-order valence-electron chi connectivity index (χ3n) is 3.52. The van der Waals surface area contributed by atoms with Crippen LogP contribution in [0, 0.1) is 5.92 Å². The molecule has 1 aromatic rings. The molecule has 0 aromatic heterocycles. The van der Waals surface area contributed by atoms with Gasteiger partial charge in [0.25, 0.3) is 5.91 Å². The van der Waals surface area contributed by atoms with Crippen molar-refractivity contribution in [1.29, 1.82) is 0 Å². The second-order valence-corrected chi connectivity index (χ2v) is 9.60. The monoisotopic (exact) mass is 414 g/mol. The van der Waals surface area contributed by atoms with Crippen LogP contribution in [0.1, 0.15) is 41.0 Å². The largest absolute Gasteiger partial charge is 0.497 e. The summed E-state index contributed by atoms with van der Waals surface area (Å²) < 4.78 is 37.7. The van der Waals surface area contributed by atoms with Crippen LogP contribution in [0.2, 0.25) is 0 Å². The van der Waals surface area contributed by atoms with Gasteiger partial charge in [-0.2, -0.15) is 4.72 Å². The molecule has 0 saturated carbocycles. The zero-order chi connectivity index (χ0) is 21.5. The van der Waals surface area contributed by atoms with Crippen LogP contribution < -0.4 is 14.8 Å². The van der Waals surface area contributed by atoms with E-state index in [1.807, 2.05) is 13.8 Å². The molecule has 1 aromatic carbocycles. The number of sulfonamides is 1. The maximum atomic E-state index is 12.6. The summed E-state index contributed by atoms with van der Waals surface area (Å²) in [5, 5.41) is 2.67. The maximum absolute atomic E-state index is 12.6. The Labute approximate surface area is 167 Å². The Morgan fingerprint density at radius 1 is 1.11 bits per heavy atom. The number of hydrogen-bond donors (Lipinski definition) is 2. The molecule has 1 rings (SSSR count). The van der Waals surface area contributed by atoms with E-state index in [4.69, 9.17) is 9.47 Å². The summed E-state index contributed by atoms with van der Waals surface area (Å²) in [6.45, 7) is 8.64.